The van der Waals surface area contributed by atoms with E-state index in [9.17, 15) is 0 Å². The quantitative estimate of drug-likeness (QED) is 0.590. The van der Waals surface area contributed by atoms with E-state index >= 15 is 0 Å². The predicted molar refractivity (Wildman–Crippen MR) is 106 cm³/mol. The Labute approximate surface area is 151 Å². The number of nitrogens with one attached hydrogen (secondary N) is 1. The predicted octanol–water partition coefficient (Wildman–Crippen LogP) is 4.10. The van der Waals surface area contributed by atoms with E-state index in [0.29, 0.717) is 19.1 Å². The maximum atomic E-state index is 6.10. The van der Waals surface area contributed by atoms with Crippen LogP contribution in [0.5, 0.6) is 0 Å². The van der Waals surface area contributed by atoms with E-state index in [1.165, 1.54) is 11.1 Å². The van der Waals surface area contributed by atoms with Gasteiger partial charge in [-0.15, -0.1) is 0 Å². The second-order valence-corrected chi connectivity index (χ2v) is 6.85. The molecule has 0 fully saturated rings. The highest BCUT2D eigenvalue weighted by Crippen LogP contribution is 2.24. The molecule has 3 N–H and O–H groups in total. The van der Waals surface area contributed by atoms with Crippen molar-refractivity contribution < 1.29 is 4.74 Å². The zero-order chi connectivity index (χ0) is 18.3. The van der Waals surface area contributed by atoms with Crippen molar-refractivity contribution in [2.75, 3.05) is 19.0 Å². The first-order valence-electron chi connectivity index (χ1n) is 8.69. The van der Waals surface area contributed by atoms with Crippen molar-refractivity contribution in [1.82, 2.24) is 0 Å². The van der Waals surface area contributed by atoms with Gasteiger partial charge in [0.25, 0.3) is 0 Å². The van der Waals surface area contributed by atoms with Gasteiger partial charge in [0.15, 0.2) is 5.96 Å². The topological polar surface area (TPSA) is 59.6 Å². The van der Waals surface area contributed by atoms with Gasteiger partial charge >= 0.3 is 0 Å². The number of guanidine groups is 1. The van der Waals surface area contributed by atoms with Gasteiger partial charge in [0.1, 0.15) is 0 Å². The molecule has 2 rings (SSSR count). The van der Waals surface area contributed by atoms with Crippen molar-refractivity contribution in [3.63, 3.8) is 0 Å². The average Bonchev–Trinajstić information content (AvgIpc) is 2.62. The van der Waals surface area contributed by atoms with Crippen LogP contribution in [-0.4, -0.2) is 19.6 Å². The lowest BCUT2D eigenvalue weighted by Gasteiger charge is -2.23. The van der Waals surface area contributed by atoms with E-state index in [1.807, 2.05) is 24.3 Å². The van der Waals surface area contributed by atoms with Gasteiger partial charge in [-0.25, -0.2) is 0 Å². The highest BCUT2D eigenvalue weighted by Gasteiger charge is 2.20. The summed E-state index contributed by atoms with van der Waals surface area (Å²) >= 11 is 0. The van der Waals surface area contributed by atoms with Crippen LogP contribution in [0.15, 0.2) is 53.5 Å². The van der Waals surface area contributed by atoms with Crippen LogP contribution in [0.2, 0.25) is 0 Å². The summed E-state index contributed by atoms with van der Waals surface area (Å²) < 4.78 is 5.22. The standard InChI is InChI=1S/C21H29N3O/c1-5-16-10-12-18(13-11-16)21(2,3)15-23-20(22)24-19-9-7-6-8-17(19)14-25-4/h6-13H,5,14-15H2,1-4H3,(H3,22,23,24). The van der Waals surface area contributed by atoms with E-state index in [2.05, 4.69) is 55.3 Å². The van der Waals surface area contributed by atoms with Crippen LogP contribution < -0.4 is 11.1 Å². The van der Waals surface area contributed by atoms with Gasteiger partial charge in [-0.2, -0.15) is 0 Å². The molecule has 0 saturated heterocycles. The van der Waals surface area contributed by atoms with Crippen molar-refractivity contribution in [2.24, 2.45) is 10.7 Å². The van der Waals surface area contributed by atoms with E-state index in [0.717, 1.165) is 17.7 Å². The zero-order valence-electron chi connectivity index (χ0n) is 15.7. The largest absolute Gasteiger partial charge is 0.380 e. The van der Waals surface area contributed by atoms with Crippen LogP contribution in [0.3, 0.4) is 0 Å². The summed E-state index contributed by atoms with van der Waals surface area (Å²) in [6.07, 6.45) is 1.05. The molecule has 4 nitrogen and oxygen atoms in total. The third-order valence-corrected chi connectivity index (χ3v) is 4.37. The van der Waals surface area contributed by atoms with Gasteiger partial charge in [0, 0.05) is 23.8 Å². The molecule has 0 amide bonds. The summed E-state index contributed by atoms with van der Waals surface area (Å²) in [5.41, 5.74) is 10.6. The molecule has 25 heavy (non-hydrogen) atoms. The number of para-hydroxylation sites is 1. The van der Waals surface area contributed by atoms with Gasteiger partial charge < -0.3 is 15.8 Å². The summed E-state index contributed by atoms with van der Waals surface area (Å²) in [6.45, 7) is 7.68. The lowest BCUT2D eigenvalue weighted by molar-refractivity contribution is 0.185. The molecule has 4 heteroatoms. The van der Waals surface area contributed by atoms with E-state index in [4.69, 9.17) is 10.5 Å². The molecule has 2 aromatic rings. The second-order valence-electron chi connectivity index (χ2n) is 6.85. The van der Waals surface area contributed by atoms with Crippen molar-refractivity contribution in [3.8, 4) is 0 Å². The number of hydrogen-bond donors (Lipinski definition) is 2. The van der Waals surface area contributed by atoms with E-state index in [1.54, 1.807) is 7.11 Å². The Hall–Kier alpha value is -2.33. The highest BCUT2D eigenvalue weighted by atomic mass is 16.5. The summed E-state index contributed by atoms with van der Waals surface area (Å²) in [5, 5.41) is 3.19. The second kappa shape index (κ2) is 8.67. The maximum absolute atomic E-state index is 6.10. The van der Waals surface area contributed by atoms with Gasteiger partial charge in [-0.1, -0.05) is 63.2 Å². The van der Waals surface area contributed by atoms with Crippen LogP contribution in [0, 0.1) is 0 Å². The number of anilines is 1. The molecule has 0 aliphatic carbocycles. The Kier molecular flexibility index (Phi) is 6.59. The molecule has 0 bridgehead atoms. The molecule has 134 valence electrons. The maximum Gasteiger partial charge on any atom is 0.193 e. The average molecular weight is 339 g/mol. The van der Waals surface area contributed by atoms with E-state index in [-0.39, 0.29) is 5.41 Å². The third kappa shape index (κ3) is 5.33. The first-order valence-corrected chi connectivity index (χ1v) is 8.69. The number of nitrogens with zero attached hydrogens (tertiary/aromatic N) is 1. The Morgan fingerprint density at radius 1 is 1.12 bits per heavy atom. The van der Waals surface area contributed by atoms with Gasteiger partial charge in [-0.3, -0.25) is 4.99 Å². The number of aryl methyl sites for hydroxylation is 1. The Morgan fingerprint density at radius 2 is 1.80 bits per heavy atom. The van der Waals surface area contributed by atoms with Crippen LogP contribution in [0.1, 0.15) is 37.5 Å². The van der Waals surface area contributed by atoms with Crippen LogP contribution in [0.25, 0.3) is 0 Å². The normalized spacial score (nSPS) is 12.2. The summed E-state index contributed by atoms with van der Waals surface area (Å²) in [6, 6.07) is 16.7. The fourth-order valence-electron chi connectivity index (χ4n) is 2.67. The number of benzene rings is 2. The van der Waals surface area contributed by atoms with Crippen molar-refractivity contribution in [3.05, 3.63) is 65.2 Å². The lowest BCUT2D eigenvalue weighted by Crippen LogP contribution is -2.28. The SMILES string of the molecule is CCc1ccc(C(C)(C)CN=C(N)Nc2ccccc2COC)cc1. The molecule has 0 heterocycles. The van der Waals surface area contributed by atoms with Gasteiger partial charge in [0.05, 0.1) is 13.2 Å². The smallest absolute Gasteiger partial charge is 0.193 e. The van der Waals surface area contributed by atoms with Crippen molar-refractivity contribution in [2.45, 2.75) is 39.2 Å². The molecular formula is C21H29N3O. The summed E-state index contributed by atoms with van der Waals surface area (Å²) in [7, 11) is 1.68. The van der Waals surface area contributed by atoms with Crippen LogP contribution in [-0.2, 0) is 23.2 Å². The number of nitrogens with two attached hydrogens (primary N) is 1. The molecular weight excluding hydrogens is 310 g/mol. The number of ether oxygens (including phenoxy) is 1. The molecule has 0 radical (unpaired) electrons. The lowest BCUT2D eigenvalue weighted by atomic mass is 9.84. The van der Waals surface area contributed by atoms with Crippen LogP contribution >= 0.6 is 0 Å². The number of rotatable bonds is 7. The number of aliphatic imine (C=N–C) groups is 1. The molecule has 0 unspecified atom stereocenters. The molecule has 2 aromatic carbocycles. The monoisotopic (exact) mass is 339 g/mol. The molecule has 0 aliphatic heterocycles. The Bertz CT molecular complexity index is 705. The Morgan fingerprint density at radius 3 is 2.44 bits per heavy atom. The molecule has 0 aromatic heterocycles. The van der Waals surface area contributed by atoms with E-state index < -0.39 is 0 Å². The highest BCUT2D eigenvalue weighted by molar-refractivity contribution is 5.93. The fourth-order valence-corrected chi connectivity index (χ4v) is 2.67. The minimum absolute atomic E-state index is 0.0788. The molecule has 0 atom stereocenters. The molecule has 0 spiro atoms. The minimum Gasteiger partial charge on any atom is -0.380 e. The summed E-state index contributed by atoms with van der Waals surface area (Å²) in [5.74, 6) is 0.418. The van der Waals surface area contributed by atoms with Crippen LogP contribution in [0.4, 0.5) is 5.69 Å². The third-order valence-electron chi connectivity index (χ3n) is 4.37. The number of hydrogen-bond acceptors (Lipinski definition) is 2. The zero-order valence-corrected chi connectivity index (χ0v) is 15.7. The summed E-state index contributed by atoms with van der Waals surface area (Å²) in [4.78, 5) is 4.55. The fraction of sp³-hybridized carbons (Fsp3) is 0.381. The Balaban J connectivity index is 2.06. The first-order chi connectivity index (χ1) is 12.0. The van der Waals surface area contributed by atoms with Gasteiger partial charge in [-0.05, 0) is 23.6 Å². The van der Waals surface area contributed by atoms with Gasteiger partial charge in [0.2, 0.25) is 0 Å². The minimum atomic E-state index is -0.0788. The molecule has 0 aliphatic rings. The van der Waals surface area contributed by atoms with Crippen molar-refractivity contribution >= 4 is 11.6 Å². The molecule has 0 saturated carbocycles. The van der Waals surface area contributed by atoms with Crippen molar-refractivity contribution in [1.29, 1.82) is 0 Å². The first kappa shape index (κ1) is 19.0. The number of methoxy groups -OCH3 is 1.